The summed E-state index contributed by atoms with van der Waals surface area (Å²) < 4.78 is 0. The average molecular weight is 330 g/mol. The molecule has 1 aliphatic carbocycles. The van der Waals surface area contributed by atoms with Crippen molar-refractivity contribution in [1.82, 2.24) is 10.2 Å². The second kappa shape index (κ2) is 6.55. The lowest BCUT2D eigenvalue weighted by molar-refractivity contribution is -0.151. The first-order valence-electron chi connectivity index (χ1n) is 8.75. The standard InChI is InChI=1S/C19H26N2O3/c1-13(22)20-17-16(14-7-4-3-5-8-14)21(12-11-19(17,2)24)18(23)15-9-6-10-15/h3-5,7-8,15-17,24H,6,9-12H2,1-2H3,(H,20,22). The Bertz CT molecular complexity index is 610. The summed E-state index contributed by atoms with van der Waals surface area (Å²) in [5.74, 6) is 0.0531. The van der Waals surface area contributed by atoms with Crippen LogP contribution in [0.3, 0.4) is 0 Å². The minimum absolute atomic E-state index is 0.0947. The van der Waals surface area contributed by atoms with Crippen molar-refractivity contribution in [2.45, 2.75) is 57.2 Å². The van der Waals surface area contributed by atoms with Crippen LogP contribution in [0.25, 0.3) is 0 Å². The number of rotatable bonds is 3. The Labute approximate surface area is 143 Å². The van der Waals surface area contributed by atoms with Crippen LogP contribution in [0.5, 0.6) is 0 Å². The number of nitrogens with zero attached hydrogens (tertiary/aromatic N) is 1. The molecule has 0 spiro atoms. The molecular weight excluding hydrogens is 304 g/mol. The van der Waals surface area contributed by atoms with Crippen molar-refractivity contribution in [1.29, 1.82) is 0 Å². The molecule has 1 saturated heterocycles. The van der Waals surface area contributed by atoms with E-state index < -0.39 is 11.6 Å². The van der Waals surface area contributed by atoms with Crippen molar-refractivity contribution in [2.75, 3.05) is 6.54 Å². The monoisotopic (exact) mass is 330 g/mol. The maximum atomic E-state index is 12.9. The molecular formula is C19H26N2O3. The summed E-state index contributed by atoms with van der Waals surface area (Å²) in [6, 6.07) is 8.84. The van der Waals surface area contributed by atoms with E-state index in [2.05, 4.69) is 5.32 Å². The lowest BCUT2D eigenvalue weighted by Gasteiger charge is -2.50. The van der Waals surface area contributed by atoms with Crippen molar-refractivity contribution in [3.63, 3.8) is 0 Å². The molecule has 2 amide bonds. The first-order chi connectivity index (χ1) is 11.4. The summed E-state index contributed by atoms with van der Waals surface area (Å²) >= 11 is 0. The number of carbonyl (C=O) groups is 2. The van der Waals surface area contributed by atoms with Crippen molar-refractivity contribution < 1.29 is 14.7 Å². The molecule has 0 bridgehead atoms. The first-order valence-corrected chi connectivity index (χ1v) is 8.75. The Morgan fingerprint density at radius 1 is 1.25 bits per heavy atom. The van der Waals surface area contributed by atoms with Crippen LogP contribution < -0.4 is 5.32 Å². The fraction of sp³-hybridized carbons (Fsp3) is 0.579. The van der Waals surface area contributed by atoms with E-state index >= 15 is 0 Å². The quantitative estimate of drug-likeness (QED) is 0.891. The molecule has 2 fully saturated rings. The predicted molar refractivity (Wildman–Crippen MR) is 91.1 cm³/mol. The second-order valence-electron chi connectivity index (χ2n) is 7.30. The summed E-state index contributed by atoms with van der Waals surface area (Å²) in [6.07, 6.45) is 3.45. The minimum Gasteiger partial charge on any atom is -0.388 e. The van der Waals surface area contributed by atoms with Crippen molar-refractivity contribution >= 4 is 11.8 Å². The van der Waals surface area contributed by atoms with Gasteiger partial charge in [0.2, 0.25) is 11.8 Å². The molecule has 24 heavy (non-hydrogen) atoms. The number of benzene rings is 1. The fourth-order valence-electron chi connectivity index (χ4n) is 3.77. The van der Waals surface area contributed by atoms with Crippen molar-refractivity contribution in [3.8, 4) is 0 Å². The Balaban J connectivity index is 1.98. The number of likely N-dealkylation sites (tertiary alicyclic amines) is 1. The van der Waals surface area contributed by atoms with Gasteiger partial charge in [-0.05, 0) is 31.7 Å². The lowest BCUT2D eigenvalue weighted by Crippen LogP contribution is -2.63. The third-order valence-corrected chi connectivity index (χ3v) is 5.42. The summed E-state index contributed by atoms with van der Waals surface area (Å²) in [5, 5.41) is 13.8. The molecule has 1 aliphatic heterocycles. The van der Waals surface area contributed by atoms with Gasteiger partial charge in [0, 0.05) is 19.4 Å². The van der Waals surface area contributed by atoms with Crippen LogP contribution in [0.4, 0.5) is 0 Å². The van der Waals surface area contributed by atoms with E-state index in [4.69, 9.17) is 0 Å². The molecule has 3 rings (SSSR count). The van der Waals surface area contributed by atoms with Crippen LogP contribution >= 0.6 is 0 Å². The zero-order chi connectivity index (χ0) is 17.3. The fourth-order valence-corrected chi connectivity index (χ4v) is 3.77. The number of piperidine rings is 1. The van der Waals surface area contributed by atoms with Gasteiger partial charge in [-0.1, -0.05) is 36.8 Å². The highest BCUT2D eigenvalue weighted by Crippen LogP contribution is 2.40. The van der Waals surface area contributed by atoms with Gasteiger partial charge in [-0.3, -0.25) is 9.59 Å². The first kappa shape index (κ1) is 17.0. The molecule has 130 valence electrons. The summed E-state index contributed by atoms with van der Waals surface area (Å²) in [5.41, 5.74) is -0.105. The number of aliphatic hydroxyl groups is 1. The van der Waals surface area contributed by atoms with E-state index in [1.165, 1.54) is 6.92 Å². The van der Waals surface area contributed by atoms with E-state index in [1.54, 1.807) is 6.92 Å². The smallest absolute Gasteiger partial charge is 0.226 e. The molecule has 0 radical (unpaired) electrons. The predicted octanol–water partition coefficient (Wildman–Crippen LogP) is 2.02. The highest BCUT2D eigenvalue weighted by Gasteiger charge is 2.48. The normalized spacial score (nSPS) is 30.5. The maximum absolute atomic E-state index is 12.9. The Morgan fingerprint density at radius 3 is 2.46 bits per heavy atom. The SMILES string of the molecule is CC(=O)NC1C(c2ccccc2)N(C(=O)C2CCC2)CCC1(C)O. The van der Waals surface area contributed by atoms with Gasteiger partial charge in [-0.15, -0.1) is 0 Å². The van der Waals surface area contributed by atoms with Crippen LogP contribution in [-0.2, 0) is 9.59 Å². The molecule has 5 heteroatoms. The third-order valence-electron chi connectivity index (χ3n) is 5.42. The number of nitrogens with one attached hydrogen (secondary N) is 1. The van der Waals surface area contributed by atoms with Gasteiger partial charge in [0.15, 0.2) is 0 Å². The van der Waals surface area contributed by atoms with E-state index in [0.717, 1.165) is 24.8 Å². The molecule has 5 nitrogen and oxygen atoms in total. The molecule has 3 atom stereocenters. The Morgan fingerprint density at radius 2 is 1.92 bits per heavy atom. The van der Waals surface area contributed by atoms with Crippen LogP contribution in [0, 0.1) is 5.92 Å². The molecule has 1 saturated carbocycles. The van der Waals surface area contributed by atoms with Gasteiger partial charge >= 0.3 is 0 Å². The second-order valence-corrected chi connectivity index (χ2v) is 7.30. The summed E-state index contributed by atoms with van der Waals surface area (Å²) in [7, 11) is 0. The van der Waals surface area contributed by atoms with Crippen LogP contribution in [0.1, 0.15) is 51.1 Å². The molecule has 2 N–H and O–H groups in total. The van der Waals surface area contributed by atoms with Gasteiger partial charge in [-0.2, -0.15) is 0 Å². The summed E-state index contributed by atoms with van der Waals surface area (Å²) in [6.45, 7) is 3.71. The zero-order valence-corrected chi connectivity index (χ0v) is 14.4. The van der Waals surface area contributed by atoms with E-state index in [1.807, 2.05) is 35.2 Å². The number of carbonyl (C=O) groups excluding carboxylic acids is 2. The minimum atomic E-state index is -1.05. The van der Waals surface area contributed by atoms with E-state index in [0.29, 0.717) is 13.0 Å². The molecule has 1 aromatic carbocycles. The topological polar surface area (TPSA) is 69.6 Å². The van der Waals surface area contributed by atoms with Gasteiger partial charge in [0.1, 0.15) is 0 Å². The van der Waals surface area contributed by atoms with Crippen molar-refractivity contribution in [2.24, 2.45) is 5.92 Å². The van der Waals surface area contributed by atoms with Crippen LogP contribution in [-0.4, -0.2) is 40.0 Å². The van der Waals surface area contributed by atoms with Crippen molar-refractivity contribution in [3.05, 3.63) is 35.9 Å². The lowest BCUT2D eigenvalue weighted by atomic mass is 9.77. The highest BCUT2D eigenvalue weighted by molar-refractivity contribution is 5.81. The van der Waals surface area contributed by atoms with Crippen LogP contribution in [0.15, 0.2) is 30.3 Å². The molecule has 1 aromatic rings. The molecule has 3 unspecified atom stereocenters. The Kier molecular flexibility index (Phi) is 4.63. The Hall–Kier alpha value is -1.88. The maximum Gasteiger partial charge on any atom is 0.226 e. The van der Waals surface area contributed by atoms with Gasteiger partial charge in [0.05, 0.1) is 17.7 Å². The summed E-state index contributed by atoms with van der Waals surface area (Å²) in [4.78, 5) is 26.5. The van der Waals surface area contributed by atoms with Gasteiger partial charge < -0.3 is 15.3 Å². The largest absolute Gasteiger partial charge is 0.388 e. The highest BCUT2D eigenvalue weighted by atomic mass is 16.3. The van der Waals surface area contributed by atoms with E-state index in [9.17, 15) is 14.7 Å². The number of amides is 2. The molecule has 2 aliphatic rings. The number of hydrogen-bond acceptors (Lipinski definition) is 3. The molecule has 1 heterocycles. The molecule has 0 aromatic heterocycles. The zero-order valence-electron chi connectivity index (χ0n) is 14.4. The third kappa shape index (κ3) is 3.18. The average Bonchev–Trinajstić information content (AvgIpc) is 2.47. The van der Waals surface area contributed by atoms with Crippen LogP contribution in [0.2, 0.25) is 0 Å². The number of hydrogen-bond donors (Lipinski definition) is 2. The van der Waals surface area contributed by atoms with Gasteiger partial charge in [0.25, 0.3) is 0 Å². The van der Waals surface area contributed by atoms with Gasteiger partial charge in [-0.25, -0.2) is 0 Å². The van der Waals surface area contributed by atoms with E-state index in [-0.39, 0.29) is 23.8 Å².